The Bertz CT molecular complexity index is 274. The second-order valence-corrected chi connectivity index (χ2v) is 6.46. The summed E-state index contributed by atoms with van der Waals surface area (Å²) in [6.07, 6.45) is 1.75. The fourth-order valence-electron chi connectivity index (χ4n) is 3.27. The minimum atomic E-state index is -0.445. The van der Waals surface area contributed by atoms with Gasteiger partial charge >= 0.3 is 5.97 Å². The van der Waals surface area contributed by atoms with Gasteiger partial charge in [-0.25, -0.2) is 0 Å². The molecule has 1 heterocycles. The van der Waals surface area contributed by atoms with Gasteiger partial charge < -0.3 is 10.1 Å². The van der Waals surface area contributed by atoms with Crippen LogP contribution in [0.2, 0.25) is 0 Å². The van der Waals surface area contributed by atoms with E-state index in [1.54, 1.807) is 0 Å². The van der Waals surface area contributed by atoms with Gasteiger partial charge in [0.15, 0.2) is 0 Å². The summed E-state index contributed by atoms with van der Waals surface area (Å²) in [4.78, 5) is 14.9. The van der Waals surface area contributed by atoms with Crippen LogP contribution in [0.5, 0.6) is 0 Å². The molecule has 112 valence electrons. The van der Waals surface area contributed by atoms with Gasteiger partial charge in [-0.3, -0.25) is 9.69 Å². The van der Waals surface area contributed by atoms with Gasteiger partial charge in [0.1, 0.15) is 5.54 Å². The molecule has 0 aliphatic carbocycles. The van der Waals surface area contributed by atoms with Crippen molar-refractivity contribution in [3.8, 4) is 0 Å². The Balaban J connectivity index is 3.03. The van der Waals surface area contributed by atoms with Crippen molar-refractivity contribution in [2.24, 2.45) is 11.8 Å². The van der Waals surface area contributed by atoms with Crippen molar-refractivity contribution in [3.05, 3.63) is 0 Å². The molecule has 0 aromatic rings. The van der Waals surface area contributed by atoms with Crippen LogP contribution < -0.4 is 5.32 Å². The first-order chi connectivity index (χ1) is 8.92. The molecule has 0 unspecified atom stereocenters. The lowest BCUT2D eigenvalue weighted by atomic mass is 9.80. The van der Waals surface area contributed by atoms with E-state index in [1.165, 1.54) is 7.11 Å². The average Bonchev–Trinajstić information content (AvgIpc) is 2.36. The third-order valence-corrected chi connectivity index (χ3v) is 3.78. The van der Waals surface area contributed by atoms with Crippen LogP contribution in [0, 0.1) is 11.8 Å². The second kappa shape index (κ2) is 7.25. The maximum absolute atomic E-state index is 12.5. The number of nitrogens with zero attached hydrogens (tertiary/aromatic N) is 1. The molecular weight excluding hydrogens is 240 g/mol. The molecule has 0 amide bonds. The van der Waals surface area contributed by atoms with E-state index in [0.717, 1.165) is 39.0 Å². The van der Waals surface area contributed by atoms with Gasteiger partial charge in [0.05, 0.1) is 7.11 Å². The van der Waals surface area contributed by atoms with Gasteiger partial charge in [0.25, 0.3) is 0 Å². The van der Waals surface area contributed by atoms with Gasteiger partial charge in [-0.15, -0.1) is 0 Å². The molecule has 0 atom stereocenters. The van der Waals surface area contributed by atoms with E-state index in [4.69, 9.17) is 4.74 Å². The molecular formula is C15H30N2O2. The van der Waals surface area contributed by atoms with Crippen LogP contribution in [0.3, 0.4) is 0 Å². The number of hydrogen-bond acceptors (Lipinski definition) is 4. The minimum Gasteiger partial charge on any atom is -0.468 e. The Labute approximate surface area is 117 Å². The van der Waals surface area contributed by atoms with E-state index in [-0.39, 0.29) is 5.97 Å². The summed E-state index contributed by atoms with van der Waals surface area (Å²) in [5, 5.41) is 3.36. The highest BCUT2D eigenvalue weighted by Crippen LogP contribution is 2.33. The molecule has 0 saturated carbocycles. The molecule has 0 bridgehead atoms. The van der Waals surface area contributed by atoms with Crippen molar-refractivity contribution < 1.29 is 9.53 Å². The lowest BCUT2D eigenvalue weighted by molar-refractivity contribution is -0.159. The Kier molecular flexibility index (Phi) is 6.27. The number of carbonyl (C=O) groups excluding carboxylic acids is 1. The Hall–Kier alpha value is -0.610. The van der Waals surface area contributed by atoms with Crippen LogP contribution in [-0.2, 0) is 9.53 Å². The van der Waals surface area contributed by atoms with Gasteiger partial charge in [-0.2, -0.15) is 0 Å². The number of methoxy groups -OCH3 is 1. The predicted molar refractivity (Wildman–Crippen MR) is 78.1 cm³/mol. The molecule has 1 aliphatic heterocycles. The molecule has 19 heavy (non-hydrogen) atoms. The van der Waals surface area contributed by atoms with Crippen molar-refractivity contribution in [2.75, 3.05) is 33.3 Å². The van der Waals surface area contributed by atoms with Crippen LogP contribution in [0.4, 0.5) is 0 Å². The Morgan fingerprint density at radius 3 is 2.00 bits per heavy atom. The van der Waals surface area contributed by atoms with Crippen molar-refractivity contribution in [1.82, 2.24) is 10.2 Å². The zero-order valence-corrected chi connectivity index (χ0v) is 13.2. The van der Waals surface area contributed by atoms with Crippen LogP contribution >= 0.6 is 0 Å². The van der Waals surface area contributed by atoms with Crippen molar-refractivity contribution in [2.45, 2.75) is 46.1 Å². The molecule has 1 aliphatic rings. The summed E-state index contributed by atoms with van der Waals surface area (Å²) in [6, 6.07) is 0. The lowest BCUT2D eigenvalue weighted by Crippen LogP contribution is -2.61. The molecule has 1 saturated heterocycles. The smallest absolute Gasteiger partial charge is 0.326 e. The zero-order chi connectivity index (χ0) is 14.5. The van der Waals surface area contributed by atoms with Crippen molar-refractivity contribution in [1.29, 1.82) is 0 Å². The van der Waals surface area contributed by atoms with Gasteiger partial charge in [-0.1, -0.05) is 27.7 Å². The normalized spacial score (nSPS) is 18.1. The highest BCUT2D eigenvalue weighted by molar-refractivity contribution is 5.80. The molecule has 0 radical (unpaired) electrons. The number of nitrogens with one attached hydrogen (secondary N) is 1. The fraction of sp³-hybridized carbons (Fsp3) is 0.933. The summed E-state index contributed by atoms with van der Waals surface area (Å²) in [6.45, 7) is 12.5. The zero-order valence-electron chi connectivity index (χ0n) is 13.2. The molecule has 0 aromatic carbocycles. The second-order valence-electron chi connectivity index (χ2n) is 6.46. The quantitative estimate of drug-likeness (QED) is 0.749. The van der Waals surface area contributed by atoms with Crippen LogP contribution in [0.25, 0.3) is 0 Å². The fourth-order valence-corrected chi connectivity index (χ4v) is 3.27. The van der Waals surface area contributed by atoms with E-state index in [0.29, 0.717) is 11.8 Å². The highest BCUT2D eigenvalue weighted by Gasteiger charge is 2.45. The molecule has 1 rings (SSSR count). The molecule has 0 spiro atoms. The minimum absolute atomic E-state index is 0.0585. The average molecular weight is 270 g/mol. The molecule has 4 heteroatoms. The molecule has 0 aromatic heterocycles. The third kappa shape index (κ3) is 4.18. The van der Waals surface area contributed by atoms with Gasteiger partial charge in [0.2, 0.25) is 0 Å². The maximum atomic E-state index is 12.5. The highest BCUT2D eigenvalue weighted by atomic mass is 16.5. The summed E-state index contributed by atoms with van der Waals surface area (Å²) in [7, 11) is 1.51. The SMILES string of the molecule is COC(=O)C(CC(C)C)(CC(C)C)N1CCNCC1. The van der Waals surface area contributed by atoms with Crippen LogP contribution in [0.15, 0.2) is 0 Å². The van der Waals surface area contributed by atoms with E-state index < -0.39 is 5.54 Å². The number of hydrogen-bond donors (Lipinski definition) is 1. The van der Waals surface area contributed by atoms with Crippen molar-refractivity contribution >= 4 is 5.97 Å². The maximum Gasteiger partial charge on any atom is 0.326 e. The first kappa shape index (κ1) is 16.4. The Morgan fingerprint density at radius 1 is 1.16 bits per heavy atom. The number of esters is 1. The number of carbonyl (C=O) groups is 1. The van der Waals surface area contributed by atoms with E-state index in [9.17, 15) is 4.79 Å². The monoisotopic (exact) mass is 270 g/mol. The van der Waals surface area contributed by atoms with E-state index in [1.807, 2.05) is 0 Å². The van der Waals surface area contributed by atoms with E-state index in [2.05, 4.69) is 37.9 Å². The van der Waals surface area contributed by atoms with Gasteiger partial charge in [-0.05, 0) is 24.7 Å². The first-order valence-corrected chi connectivity index (χ1v) is 7.46. The first-order valence-electron chi connectivity index (χ1n) is 7.46. The summed E-state index contributed by atoms with van der Waals surface area (Å²) >= 11 is 0. The number of rotatable bonds is 6. The standard InChI is InChI=1S/C15H30N2O2/c1-12(2)10-15(11-13(3)4,14(18)19-5)17-8-6-16-7-9-17/h12-13,16H,6-11H2,1-5H3. The number of ether oxygens (including phenoxy) is 1. The summed E-state index contributed by atoms with van der Waals surface area (Å²) < 4.78 is 5.17. The largest absolute Gasteiger partial charge is 0.468 e. The Morgan fingerprint density at radius 2 is 1.63 bits per heavy atom. The van der Waals surface area contributed by atoms with Crippen LogP contribution in [-0.4, -0.2) is 49.7 Å². The molecule has 1 N–H and O–H groups in total. The number of piperazine rings is 1. The third-order valence-electron chi connectivity index (χ3n) is 3.78. The predicted octanol–water partition coefficient (Wildman–Crippen LogP) is 1.90. The molecule has 1 fully saturated rings. The van der Waals surface area contributed by atoms with Crippen LogP contribution in [0.1, 0.15) is 40.5 Å². The summed E-state index contributed by atoms with van der Waals surface area (Å²) in [5.74, 6) is 0.900. The summed E-state index contributed by atoms with van der Waals surface area (Å²) in [5.41, 5.74) is -0.445. The van der Waals surface area contributed by atoms with E-state index >= 15 is 0 Å². The molecule has 4 nitrogen and oxygen atoms in total. The van der Waals surface area contributed by atoms with Crippen molar-refractivity contribution in [3.63, 3.8) is 0 Å². The van der Waals surface area contributed by atoms with Gasteiger partial charge in [0, 0.05) is 26.2 Å². The lowest BCUT2D eigenvalue weighted by Gasteiger charge is -2.45. The topological polar surface area (TPSA) is 41.6 Å².